The Kier molecular flexibility index (Phi) is 5.22. The molecule has 1 aromatic heterocycles. The molecule has 2 heterocycles. The Labute approximate surface area is 179 Å². The van der Waals surface area contributed by atoms with Crippen LogP contribution in [-0.2, 0) is 9.59 Å². The van der Waals surface area contributed by atoms with Crippen LogP contribution in [0.1, 0.15) is 31.9 Å². The van der Waals surface area contributed by atoms with Crippen molar-refractivity contribution in [3.05, 3.63) is 71.4 Å². The molecule has 0 saturated carbocycles. The number of hydrogen-bond acceptors (Lipinski definition) is 4. The lowest BCUT2D eigenvalue weighted by Gasteiger charge is -2.33. The fourth-order valence-electron chi connectivity index (χ4n) is 3.47. The van der Waals surface area contributed by atoms with Gasteiger partial charge in [-0.25, -0.2) is 4.68 Å². The fourth-order valence-corrected chi connectivity index (χ4v) is 3.64. The summed E-state index contributed by atoms with van der Waals surface area (Å²) in [5, 5.41) is 10.4. The van der Waals surface area contributed by atoms with Crippen LogP contribution in [0.4, 0.5) is 11.5 Å². The summed E-state index contributed by atoms with van der Waals surface area (Å²) in [6.45, 7) is 3.48. The van der Waals surface area contributed by atoms with Gasteiger partial charge >= 0.3 is 0 Å². The number of aromatic nitrogens is 2. The number of anilines is 2. The average molecular weight is 425 g/mol. The van der Waals surface area contributed by atoms with Crippen LogP contribution < -0.4 is 15.4 Å². The van der Waals surface area contributed by atoms with Gasteiger partial charge in [0.15, 0.2) is 0 Å². The van der Waals surface area contributed by atoms with E-state index in [0.717, 1.165) is 12.0 Å². The Balaban J connectivity index is 1.60. The topological polar surface area (TPSA) is 85.2 Å². The van der Waals surface area contributed by atoms with E-state index < -0.39 is 17.4 Å². The minimum Gasteiger partial charge on any atom is -0.466 e. The van der Waals surface area contributed by atoms with Gasteiger partial charge in [-0.2, -0.15) is 5.10 Å². The van der Waals surface area contributed by atoms with Crippen LogP contribution in [0, 0.1) is 0 Å². The normalized spacial score (nSPS) is 18.7. The highest BCUT2D eigenvalue weighted by atomic mass is 35.5. The number of rotatable bonds is 5. The van der Waals surface area contributed by atoms with Crippen molar-refractivity contribution in [2.75, 3.05) is 10.6 Å². The zero-order valence-electron chi connectivity index (χ0n) is 16.6. The summed E-state index contributed by atoms with van der Waals surface area (Å²) < 4.78 is 7.54. The van der Waals surface area contributed by atoms with Gasteiger partial charge in [0.05, 0.1) is 17.9 Å². The number of benzene rings is 2. The fraction of sp³-hybridized carbons (Fsp3) is 0.227. The Hall–Kier alpha value is -3.32. The lowest BCUT2D eigenvalue weighted by atomic mass is 10.0. The van der Waals surface area contributed by atoms with Gasteiger partial charge in [-0.1, -0.05) is 48.9 Å². The van der Waals surface area contributed by atoms with Crippen molar-refractivity contribution in [3.63, 3.8) is 0 Å². The summed E-state index contributed by atoms with van der Waals surface area (Å²) >= 11 is 5.97. The number of nitrogens with one attached hydrogen (secondary N) is 2. The number of ether oxygens (including phenoxy) is 1. The van der Waals surface area contributed by atoms with Gasteiger partial charge in [0.25, 0.3) is 17.4 Å². The molecule has 0 saturated heterocycles. The van der Waals surface area contributed by atoms with Gasteiger partial charge in [-0.05, 0) is 37.1 Å². The number of amides is 2. The summed E-state index contributed by atoms with van der Waals surface area (Å²) in [6, 6.07) is 16.4. The van der Waals surface area contributed by atoms with Crippen LogP contribution in [0.5, 0.6) is 5.75 Å². The molecule has 2 amide bonds. The first-order valence-electron chi connectivity index (χ1n) is 9.62. The maximum Gasteiger partial charge on any atom is 0.279 e. The lowest BCUT2D eigenvalue weighted by molar-refractivity contribution is -0.143. The van der Waals surface area contributed by atoms with Crippen LogP contribution >= 0.6 is 11.6 Å². The molecule has 30 heavy (non-hydrogen) atoms. The summed E-state index contributed by atoms with van der Waals surface area (Å²) in [5.41, 5.74) is -0.245. The Bertz CT molecular complexity index is 1100. The molecule has 3 aromatic rings. The van der Waals surface area contributed by atoms with E-state index in [4.69, 9.17) is 16.3 Å². The molecule has 2 unspecified atom stereocenters. The largest absolute Gasteiger partial charge is 0.466 e. The van der Waals surface area contributed by atoms with Crippen molar-refractivity contribution in [2.24, 2.45) is 0 Å². The number of carbonyl (C=O) groups excluding carboxylic acids is 2. The number of nitrogens with zero attached hydrogens (tertiary/aromatic N) is 2. The van der Waals surface area contributed by atoms with Crippen molar-refractivity contribution < 1.29 is 14.3 Å². The maximum atomic E-state index is 13.1. The summed E-state index contributed by atoms with van der Waals surface area (Å²) in [4.78, 5) is 25.8. The Morgan fingerprint density at radius 3 is 2.77 bits per heavy atom. The Morgan fingerprint density at radius 1 is 1.27 bits per heavy atom. The van der Waals surface area contributed by atoms with E-state index in [9.17, 15) is 9.59 Å². The third-order valence-electron chi connectivity index (χ3n) is 5.15. The second-order valence-electron chi connectivity index (χ2n) is 7.18. The number of halogens is 1. The second-order valence-corrected chi connectivity index (χ2v) is 7.62. The predicted molar refractivity (Wildman–Crippen MR) is 115 cm³/mol. The monoisotopic (exact) mass is 424 g/mol. The molecule has 0 bridgehead atoms. The molecule has 154 valence electrons. The third kappa shape index (κ3) is 3.52. The van der Waals surface area contributed by atoms with Crippen LogP contribution in [-0.4, -0.2) is 27.2 Å². The zero-order valence-corrected chi connectivity index (χ0v) is 17.3. The molecule has 1 aliphatic heterocycles. The minimum absolute atomic E-state index is 0.0618. The highest BCUT2D eigenvalue weighted by molar-refractivity contribution is 6.31. The number of hydrogen-bond donors (Lipinski definition) is 2. The van der Waals surface area contributed by atoms with Crippen molar-refractivity contribution in [3.8, 4) is 5.75 Å². The van der Waals surface area contributed by atoms with Crippen LogP contribution in [0.25, 0.3) is 0 Å². The summed E-state index contributed by atoms with van der Waals surface area (Å²) in [7, 11) is 0. The SMILES string of the molecule is CCC(c1ccccc1)n1nccc1NC(=O)C1(C)Oc2ccc(Cl)cc2NC1=O. The van der Waals surface area contributed by atoms with Crippen LogP contribution in [0.15, 0.2) is 60.8 Å². The molecule has 7 nitrogen and oxygen atoms in total. The van der Waals surface area contributed by atoms with Crippen LogP contribution in [0.2, 0.25) is 5.02 Å². The van der Waals surface area contributed by atoms with E-state index >= 15 is 0 Å². The first-order chi connectivity index (χ1) is 14.4. The molecule has 8 heteroatoms. The Morgan fingerprint density at radius 2 is 2.03 bits per heavy atom. The predicted octanol–water partition coefficient (Wildman–Crippen LogP) is 4.26. The van der Waals surface area contributed by atoms with Gasteiger partial charge in [0.2, 0.25) is 0 Å². The van der Waals surface area contributed by atoms with E-state index in [0.29, 0.717) is 22.3 Å². The first-order valence-corrected chi connectivity index (χ1v) is 10.00. The van der Waals surface area contributed by atoms with Crippen molar-refractivity contribution >= 4 is 34.9 Å². The molecule has 2 atom stereocenters. The molecular weight excluding hydrogens is 404 g/mol. The molecule has 0 aliphatic carbocycles. The smallest absolute Gasteiger partial charge is 0.279 e. The van der Waals surface area contributed by atoms with Crippen molar-refractivity contribution in [1.82, 2.24) is 9.78 Å². The first kappa shape index (κ1) is 20.0. The van der Waals surface area contributed by atoms with Gasteiger partial charge in [-0.3, -0.25) is 9.59 Å². The van der Waals surface area contributed by atoms with E-state index in [2.05, 4.69) is 15.7 Å². The zero-order chi connectivity index (χ0) is 21.3. The van der Waals surface area contributed by atoms with Gasteiger partial charge in [-0.15, -0.1) is 0 Å². The van der Waals surface area contributed by atoms with E-state index in [-0.39, 0.29) is 6.04 Å². The molecule has 2 N–H and O–H groups in total. The molecule has 0 radical (unpaired) electrons. The summed E-state index contributed by atoms with van der Waals surface area (Å²) in [5.74, 6) is -0.308. The van der Waals surface area contributed by atoms with Gasteiger partial charge in [0, 0.05) is 11.1 Å². The average Bonchev–Trinajstić information content (AvgIpc) is 3.18. The molecule has 0 spiro atoms. The highest BCUT2D eigenvalue weighted by Gasteiger charge is 2.47. The molecule has 0 fully saturated rings. The third-order valence-corrected chi connectivity index (χ3v) is 5.38. The van der Waals surface area contributed by atoms with E-state index in [1.165, 1.54) is 6.92 Å². The lowest BCUT2D eigenvalue weighted by Crippen LogP contribution is -2.56. The summed E-state index contributed by atoms with van der Waals surface area (Å²) in [6.07, 6.45) is 2.39. The van der Waals surface area contributed by atoms with Crippen molar-refractivity contribution in [2.45, 2.75) is 31.9 Å². The standard InChI is InChI=1S/C22H21ClN4O3/c1-3-17(14-7-5-4-6-8-14)27-19(11-12-24-27)26-21(29)22(2)20(28)25-16-13-15(23)9-10-18(16)30-22/h4-13,17H,3H2,1-2H3,(H,25,28)(H,26,29). The molecule has 2 aromatic carbocycles. The quantitative estimate of drug-likeness (QED) is 0.599. The van der Waals surface area contributed by atoms with E-state index in [1.54, 1.807) is 35.1 Å². The van der Waals surface area contributed by atoms with Crippen molar-refractivity contribution in [1.29, 1.82) is 0 Å². The molecule has 1 aliphatic rings. The maximum absolute atomic E-state index is 13.1. The van der Waals surface area contributed by atoms with Crippen LogP contribution in [0.3, 0.4) is 0 Å². The number of fused-ring (bicyclic) bond motifs is 1. The number of carbonyl (C=O) groups is 2. The second kappa shape index (κ2) is 7.84. The molecular formula is C22H21ClN4O3. The highest BCUT2D eigenvalue weighted by Crippen LogP contribution is 2.36. The molecule has 4 rings (SSSR count). The van der Waals surface area contributed by atoms with E-state index in [1.807, 2.05) is 37.3 Å². The van der Waals surface area contributed by atoms with Gasteiger partial charge < -0.3 is 15.4 Å². The van der Waals surface area contributed by atoms with Gasteiger partial charge in [0.1, 0.15) is 11.6 Å². The minimum atomic E-state index is -1.75.